The molecule has 0 heterocycles. The summed E-state index contributed by atoms with van der Waals surface area (Å²) in [7, 11) is 0. The highest BCUT2D eigenvalue weighted by atomic mass is 14.9. The van der Waals surface area contributed by atoms with Crippen LogP contribution < -0.4 is 5.32 Å². The molecule has 1 nitrogen and oxygen atoms in total. The molecule has 0 amide bonds. The molecule has 0 aromatic heterocycles. The highest BCUT2D eigenvalue weighted by molar-refractivity contribution is 5.14. The number of rotatable bonds is 3. The number of benzene rings is 1. The number of nitrogens with one attached hydrogen (secondary N) is 1. The summed E-state index contributed by atoms with van der Waals surface area (Å²) in [6.07, 6.45) is 5.88. The fourth-order valence-corrected chi connectivity index (χ4v) is 3.34. The molecule has 2 fully saturated rings. The first-order valence-corrected chi connectivity index (χ1v) is 6.19. The van der Waals surface area contributed by atoms with E-state index in [4.69, 9.17) is 0 Å². The summed E-state index contributed by atoms with van der Waals surface area (Å²) in [5.74, 6) is 2.03. The molecule has 2 aliphatic carbocycles. The summed E-state index contributed by atoms with van der Waals surface area (Å²) < 4.78 is 0. The zero-order valence-corrected chi connectivity index (χ0v) is 9.15. The average Bonchev–Trinajstić information content (AvgIpc) is 2.89. The zero-order chi connectivity index (χ0) is 10.1. The highest BCUT2D eigenvalue weighted by Gasteiger charge is 2.38. The van der Waals surface area contributed by atoms with Crippen molar-refractivity contribution < 1.29 is 0 Å². The van der Waals surface area contributed by atoms with Crippen LogP contribution in [0.25, 0.3) is 0 Å². The lowest BCUT2D eigenvalue weighted by atomic mass is 9.95. The van der Waals surface area contributed by atoms with Crippen molar-refractivity contribution in [2.45, 2.75) is 38.3 Å². The van der Waals surface area contributed by atoms with Crippen molar-refractivity contribution in [1.29, 1.82) is 0 Å². The first-order valence-electron chi connectivity index (χ1n) is 6.19. The van der Waals surface area contributed by atoms with Gasteiger partial charge in [-0.2, -0.15) is 0 Å². The van der Waals surface area contributed by atoms with E-state index >= 15 is 0 Å². The quantitative estimate of drug-likeness (QED) is 0.792. The lowest BCUT2D eigenvalue weighted by Gasteiger charge is -2.22. The minimum absolute atomic E-state index is 0.809. The minimum atomic E-state index is 0.809. The molecule has 0 radical (unpaired) electrons. The molecule has 1 heteroatoms. The van der Waals surface area contributed by atoms with Gasteiger partial charge in [0, 0.05) is 12.6 Å². The van der Waals surface area contributed by atoms with Crippen LogP contribution in [0, 0.1) is 11.8 Å². The van der Waals surface area contributed by atoms with E-state index in [1.807, 2.05) is 0 Å². The molecule has 15 heavy (non-hydrogen) atoms. The Labute approximate surface area is 91.9 Å². The summed E-state index contributed by atoms with van der Waals surface area (Å²) in [5.41, 5.74) is 1.42. The third-order valence-corrected chi connectivity index (χ3v) is 4.15. The average molecular weight is 201 g/mol. The van der Waals surface area contributed by atoms with Crippen LogP contribution in [0.15, 0.2) is 30.3 Å². The Morgan fingerprint density at radius 3 is 2.60 bits per heavy atom. The van der Waals surface area contributed by atoms with Crippen LogP contribution in [0.1, 0.15) is 31.2 Å². The van der Waals surface area contributed by atoms with Crippen LogP contribution in [0.4, 0.5) is 0 Å². The summed E-state index contributed by atoms with van der Waals surface area (Å²) in [6, 6.07) is 11.6. The maximum atomic E-state index is 3.73. The third-order valence-electron chi connectivity index (χ3n) is 4.15. The second-order valence-corrected chi connectivity index (χ2v) is 5.15. The summed E-state index contributed by atoms with van der Waals surface area (Å²) in [5, 5.41) is 3.73. The van der Waals surface area contributed by atoms with E-state index in [1.165, 1.54) is 31.2 Å². The van der Waals surface area contributed by atoms with E-state index in [2.05, 4.69) is 35.6 Å². The molecule has 1 N–H and O–H groups in total. The summed E-state index contributed by atoms with van der Waals surface area (Å²) in [6.45, 7) is 1.05. The molecule has 1 aromatic carbocycles. The molecule has 0 saturated heterocycles. The molecule has 2 bridgehead atoms. The van der Waals surface area contributed by atoms with Crippen LogP contribution in [-0.2, 0) is 6.54 Å². The molecule has 0 spiro atoms. The molecule has 3 rings (SSSR count). The summed E-state index contributed by atoms with van der Waals surface area (Å²) in [4.78, 5) is 0. The van der Waals surface area contributed by atoms with Gasteiger partial charge >= 0.3 is 0 Å². The van der Waals surface area contributed by atoms with Gasteiger partial charge in [-0.15, -0.1) is 0 Å². The third kappa shape index (κ3) is 1.93. The van der Waals surface area contributed by atoms with Gasteiger partial charge in [-0.05, 0) is 36.7 Å². The van der Waals surface area contributed by atoms with Crippen LogP contribution in [0.2, 0.25) is 0 Å². The molecule has 1 aromatic rings. The van der Waals surface area contributed by atoms with Crippen molar-refractivity contribution >= 4 is 0 Å². The maximum Gasteiger partial charge on any atom is 0.0208 e. The van der Waals surface area contributed by atoms with Crippen LogP contribution in [-0.4, -0.2) is 6.04 Å². The fourth-order valence-electron chi connectivity index (χ4n) is 3.34. The Kier molecular flexibility index (Phi) is 2.49. The molecular formula is C14H19N. The lowest BCUT2D eigenvalue weighted by molar-refractivity contribution is 0.351. The van der Waals surface area contributed by atoms with Gasteiger partial charge in [-0.1, -0.05) is 36.8 Å². The van der Waals surface area contributed by atoms with Crippen molar-refractivity contribution in [2.75, 3.05) is 0 Å². The molecule has 1 unspecified atom stereocenters. The van der Waals surface area contributed by atoms with Crippen molar-refractivity contribution in [2.24, 2.45) is 11.8 Å². The van der Waals surface area contributed by atoms with Crippen LogP contribution >= 0.6 is 0 Å². The van der Waals surface area contributed by atoms with Crippen molar-refractivity contribution in [1.82, 2.24) is 5.32 Å². The number of hydrogen-bond acceptors (Lipinski definition) is 1. The Bertz CT molecular complexity index is 319. The van der Waals surface area contributed by atoms with Crippen LogP contribution in [0.3, 0.4) is 0 Å². The second-order valence-electron chi connectivity index (χ2n) is 5.15. The number of hydrogen-bond donors (Lipinski definition) is 1. The molecule has 0 aliphatic heterocycles. The zero-order valence-electron chi connectivity index (χ0n) is 9.15. The van der Waals surface area contributed by atoms with E-state index < -0.39 is 0 Å². The number of fused-ring (bicyclic) bond motifs is 2. The van der Waals surface area contributed by atoms with E-state index in [0.717, 1.165) is 24.4 Å². The fraction of sp³-hybridized carbons (Fsp3) is 0.571. The normalized spacial score (nSPS) is 33.5. The lowest BCUT2D eigenvalue weighted by Crippen LogP contribution is -2.33. The first kappa shape index (κ1) is 9.41. The van der Waals surface area contributed by atoms with Gasteiger partial charge in [0.25, 0.3) is 0 Å². The molecule has 2 aliphatic rings. The highest BCUT2D eigenvalue weighted by Crippen LogP contribution is 2.44. The van der Waals surface area contributed by atoms with Gasteiger partial charge < -0.3 is 5.32 Å². The monoisotopic (exact) mass is 201 g/mol. The molecule has 2 saturated carbocycles. The summed E-state index contributed by atoms with van der Waals surface area (Å²) >= 11 is 0. The van der Waals surface area contributed by atoms with E-state index in [9.17, 15) is 0 Å². The Morgan fingerprint density at radius 2 is 1.93 bits per heavy atom. The van der Waals surface area contributed by atoms with Crippen LogP contribution in [0.5, 0.6) is 0 Å². The van der Waals surface area contributed by atoms with Gasteiger partial charge in [-0.3, -0.25) is 0 Å². The Hall–Kier alpha value is -0.820. The standard InChI is InChI=1S/C14H19N/c1-2-4-11(5-3-1)10-15-14-9-12-6-7-13(14)8-12/h1-5,12-15H,6-10H2/t12-,13?,14+/m0/s1. The van der Waals surface area contributed by atoms with Crippen molar-refractivity contribution in [3.8, 4) is 0 Å². The smallest absolute Gasteiger partial charge is 0.0208 e. The Morgan fingerprint density at radius 1 is 1.07 bits per heavy atom. The van der Waals surface area contributed by atoms with Gasteiger partial charge in [0.1, 0.15) is 0 Å². The second kappa shape index (κ2) is 3.97. The largest absolute Gasteiger partial charge is 0.310 e. The first-order chi connectivity index (χ1) is 7.42. The van der Waals surface area contributed by atoms with Gasteiger partial charge in [0.2, 0.25) is 0 Å². The van der Waals surface area contributed by atoms with Gasteiger partial charge in [0.05, 0.1) is 0 Å². The van der Waals surface area contributed by atoms with Crippen molar-refractivity contribution in [3.05, 3.63) is 35.9 Å². The molecule has 80 valence electrons. The Balaban J connectivity index is 1.55. The SMILES string of the molecule is c1ccc(CN[C@@H]2C[C@H]3CCC2C3)cc1. The maximum absolute atomic E-state index is 3.73. The molecule has 3 atom stereocenters. The topological polar surface area (TPSA) is 12.0 Å². The van der Waals surface area contributed by atoms with E-state index in [1.54, 1.807) is 0 Å². The van der Waals surface area contributed by atoms with Gasteiger partial charge in [0.15, 0.2) is 0 Å². The molecular weight excluding hydrogens is 182 g/mol. The predicted octanol–water partition coefficient (Wildman–Crippen LogP) is 2.96. The van der Waals surface area contributed by atoms with E-state index in [0.29, 0.717) is 0 Å². The predicted molar refractivity (Wildman–Crippen MR) is 62.5 cm³/mol. The van der Waals surface area contributed by atoms with Crippen molar-refractivity contribution in [3.63, 3.8) is 0 Å². The van der Waals surface area contributed by atoms with Gasteiger partial charge in [-0.25, -0.2) is 0 Å². The minimum Gasteiger partial charge on any atom is -0.310 e. The van der Waals surface area contributed by atoms with E-state index in [-0.39, 0.29) is 0 Å².